The Morgan fingerprint density at radius 3 is 2.61 bits per heavy atom. The monoisotopic (exact) mass is 417 g/mol. The average Bonchev–Trinajstić information content (AvgIpc) is 2.72. The molecule has 0 saturated carbocycles. The first-order valence-corrected chi connectivity index (χ1v) is 10.4. The number of benzene rings is 2. The number of carboxylic acids is 1. The summed E-state index contributed by atoms with van der Waals surface area (Å²) in [5, 5.41) is 17.1. The fraction of sp³-hybridized carbons (Fsp3) is 0.346. The van der Waals surface area contributed by atoms with E-state index >= 15 is 0 Å². The number of ether oxygens (including phenoxy) is 1. The maximum atomic E-state index is 12.0. The third-order valence-corrected chi connectivity index (χ3v) is 5.58. The van der Waals surface area contributed by atoms with Gasteiger partial charge in [-0.15, -0.1) is 5.92 Å². The molecule has 160 valence electrons. The van der Waals surface area contributed by atoms with Gasteiger partial charge in [-0.2, -0.15) is 0 Å². The zero-order valence-corrected chi connectivity index (χ0v) is 18.1. The molecule has 1 aliphatic heterocycles. The molecule has 3 rings (SSSR count). The molecule has 2 aromatic carbocycles. The van der Waals surface area contributed by atoms with Crippen molar-refractivity contribution in [1.29, 1.82) is 5.41 Å². The van der Waals surface area contributed by atoms with E-state index in [0.29, 0.717) is 5.71 Å². The van der Waals surface area contributed by atoms with Crippen LogP contribution in [0.4, 0.5) is 0 Å². The molecule has 3 unspecified atom stereocenters. The van der Waals surface area contributed by atoms with E-state index in [1.807, 2.05) is 42.5 Å². The number of carbonyl (C=O) groups is 2. The molecule has 3 atom stereocenters. The number of Topliss-reactive ketones (excluding diaryl/α,β-unsaturated/α-hetero) is 1. The van der Waals surface area contributed by atoms with Gasteiger partial charge in [0.05, 0.1) is 18.3 Å². The van der Waals surface area contributed by atoms with E-state index in [-0.39, 0.29) is 24.2 Å². The van der Waals surface area contributed by atoms with Crippen LogP contribution in [0.15, 0.2) is 42.5 Å². The highest BCUT2D eigenvalue weighted by Crippen LogP contribution is 2.37. The van der Waals surface area contributed by atoms with Gasteiger partial charge in [0, 0.05) is 5.71 Å². The van der Waals surface area contributed by atoms with Crippen molar-refractivity contribution in [3.8, 4) is 17.6 Å². The van der Waals surface area contributed by atoms with Crippen LogP contribution in [0.25, 0.3) is 0 Å². The van der Waals surface area contributed by atoms with Crippen LogP contribution in [0, 0.1) is 17.3 Å². The summed E-state index contributed by atoms with van der Waals surface area (Å²) in [6, 6.07) is 13.5. The molecule has 2 N–H and O–H groups in total. The van der Waals surface area contributed by atoms with Gasteiger partial charge in [0.1, 0.15) is 17.6 Å². The standard InChI is InChI=1S/C26H27NO4/c1-4-6-18(15-25(29)30)19-9-11-24-21(13-19)10-12-23(31-24)20-7-5-8-22(14-20)26(16(2)27)17(3)28/h5,7-9,11,13-14,18,23,26-27H,10,12,15H2,1-3H3,(H,29,30). The zero-order chi connectivity index (χ0) is 22.5. The summed E-state index contributed by atoms with van der Waals surface area (Å²) in [6.45, 7) is 4.89. The lowest BCUT2D eigenvalue weighted by Gasteiger charge is -2.28. The Balaban J connectivity index is 1.84. The molecule has 31 heavy (non-hydrogen) atoms. The molecule has 1 aliphatic rings. The van der Waals surface area contributed by atoms with Crippen molar-refractivity contribution in [3.63, 3.8) is 0 Å². The van der Waals surface area contributed by atoms with Crippen molar-refractivity contribution in [2.45, 2.75) is 58.0 Å². The minimum absolute atomic E-state index is 0.0281. The topological polar surface area (TPSA) is 87.5 Å². The molecule has 1 heterocycles. The Morgan fingerprint density at radius 1 is 1.19 bits per heavy atom. The molecule has 0 spiro atoms. The van der Waals surface area contributed by atoms with Gasteiger partial charge in [-0.3, -0.25) is 9.59 Å². The van der Waals surface area contributed by atoms with Gasteiger partial charge >= 0.3 is 5.97 Å². The second-order valence-corrected chi connectivity index (χ2v) is 7.95. The Labute approximate surface area is 183 Å². The quantitative estimate of drug-likeness (QED) is 0.488. The summed E-state index contributed by atoms with van der Waals surface area (Å²) in [5.41, 5.74) is 4.08. The third kappa shape index (κ3) is 5.21. The first-order valence-electron chi connectivity index (χ1n) is 10.4. The van der Waals surface area contributed by atoms with E-state index in [4.69, 9.17) is 10.1 Å². The lowest BCUT2D eigenvalue weighted by Crippen LogP contribution is -2.19. The second kappa shape index (κ2) is 9.61. The SMILES string of the molecule is CC#CC(CC(=O)O)c1ccc2c(c1)CCC(c1cccc(C(C(C)=N)C(C)=O)c1)O2. The van der Waals surface area contributed by atoms with E-state index in [1.54, 1.807) is 13.8 Å². The third-order valence-electron chi connectivity index (χ3n) is 5.58. The number of aliphatic carboxylic acids is 1. The summed E-state index contributed by atoms with van der Waals surface area (Å²) in [7, 11) is 0. The van der Waals surface area contributed by atoms with Crippen molar-refractivity contribution < 1.29 is 19.4 Å². The zero-order valence-electron chi connectivity index (χ0n) is 18.1. The molecule has 5 nitrogen and oxygen atoms in total. The summed E-state index contributed by atoms with van der Waals surface area (Å²) >= 11 is 0. The minimum Gasteiger partial charge on any atom is -0.485 e. The molecular formula is C26H27NO4. The van der Waals surface area contributed by atoms with Gasteiger partial charge in [-0.1, -0.05) is 42.3 Å². The minimum atomic E-state index is -0.870. The Kier molecular flexibility index (Phi) is 6.91. The van der Waals surface area contributed by atoms with E-state index in [2.05, 4.69) is 11.8 Å². The van der Waals surface area contributed by atoms with Crippen molar-refractivity contribution in [3.05, 3.63) is 64.7 Å². The van der Waals surface area contributed by atoms with E-state index < -0.39 is 11.9 Å². The largest absolute Gasteiger partial charge is 0.485 e. The summed E-state index contributed by atoms with van der Waals surface area (Å²) < 4.78 is 6.26. The highest BCUT2D eigenvalue weighted by molar-refractivity contribution is 6.06. The number of fused-ring (bicyclic) bond motifs is 1. The smallest absolute Gasteiger partial charge is 0.304 e. The number of aryl methyl sites for hydroxylation is 1. The molecule has 2 aromatic rings. The van der Waals surface area contributed by atoms with Gasteiger partial charge in [0.2, 0.25) is 0 Å². The fourth-order valence-corrected chi connectivity index (χ4v) is 4.19. The first kappa shape index (κ1) is 22.3. The normalized spacial score (nSPS) is 16.7. The molecule has 5 heteroatoms. The number of hydrogen-bond donors (Lipinski definition) is 2. The highest BCUT2D eigenvalue weighted by Gasteiger charge is 2.25. The summed E-state index contributed by atoms with van der Waals surface area (Å²) in [6.07, 6.45) is 1.41. The van der Waals surface area contributed by atoms with Gasteiger partial charge in [0.15, 0.2) is 0 Å². The Hall–Kier alpha value is -3.39. The van der Waals surface area contributed by atoms with Crippen molar-refractivity contribution in [2.75, 3.05) is 0 Å². The van der Waals surface area contributed by atoms with Crippen LogP contribution in [0.3, 0.4) is 0 Å². The van der Waals surface area contributed by atoms with Gasteiger partial charge in [-0.25, -0.2) is 0 Å². The van der Waals surface area contributed by atoms with Gasteiger partial charge in [0.25, 0.3) is 0 Å². The van der Waals surface area contributed by atoms with Crippen LogP contribution in [0.2, 0.25) is 0 Å². The van der Waals surface area contributed by atoms with Crippen LogP contribution in [0.5, 0.6) is 5.75 Å². The second-order valence-electron chi connectivity index (χ2n) is 7.95. The predicted octanol–water partition coefficient (Wildman–Crippen LogP) is 5.05. The molecule has 0 aliphatic carbocycles. The molecule has 0 aromatic heterocycles. The lowest BCUT2D eigenvalue weighted by molar-refractivity contribution is -0.137. The van der Waals surface area contributed by atoms with Gasteiger partial charge < -0.3 is 15.3 Å². The fourth-order valence-electron chi connectivity index (χ4n) is 4.19. The maximum Gasteiger partial charge on any atom is 0.304 e. The molecule has 0 bridgehead atoms. The molecule has 0 amide bonds. The molecule has 0 radical (unpaired) electrons. The maximum absolute atomic E-state index is 12.0. The van der Waals surface area contributed by atoms with Gasteiger partial charge in [-0.05, 0) is 61.9 Å². The van der Waals surface area contributed by atoms with E-state index in [0.717, 1.165) is 40.8 Å². The van der Waals surface area contributed by atoms with Crippen LogP contribution in [-0.2, 0) is 16.0 Å². The van der Waals surface area contributed by atoms with E-state index in [9.17, 15) is 14.7 Å². The number of rotatable bonds is 7. The summed E-state index contributed by atoms with van der Waals surface area (Å²) in [4.78, 5) is 23.2. The molecular weight excluding hydrogens is 390 g/mol. The highest BCUT2D eigenvalue weighted by atomic mass is 16.5. The lowest BCUT2D eigenvalue weighted by atomic mass is 9.88. The van der Waals surface area contributed by atoms with Crippen molar-refractivity contribution in [1.82, 2.24) is 0 Å². The summed E-state index contributed by atoms with van der Waals surface area (Å²) in [5.74, 6) is 4.83. The van der Waals surface area contributed by atoms with Crippen molar-refractivity contribution >= 4 is 17.5 Å². The molecule has 0 fully saturated rings. The van der Waals surface area contributed by atoms with Crippen LogP contribution >= 0.6 is 0 Å². The number of carboxylic acid groups (broad SMARTS) is 1. The number of hydrogen-bond acceptors (Lipinski definition) is 4. The predicted molar refractivity (Wildman–Crippen MR) is 120 cm³/mol. The van der Waals surface area contributed by atoms with Crippen molar-refractivity contribution in [2.24, 2.45) is 0 Å². The molecule has 0 saturated heterocycles. The van der Waals surface area contributed by atoms with Crippen LogP contribution in [0.1, 0.15) is 73.8 Å². The number of ketones is 1. The van der Waals surface area contributed by atoms with Crippen LogP contribution in [-0.4, -0.2) is 22.6 Å². The number of nitrogens with one attached hydrogen (secondary N) is 1. The Morgan fingerprint density at radius 2 is 1.97 bits per heavy atom. The van der Waals surface area contributed by atoms with Crippen LogP contribution < -0.4 is 4.74 Å². The Bertz CT molecular complexity index is 1060. The number of carbonyl (C=O) groups excluding carboxylic acids is 1. The van der Waals surface area contributed by atoms with E-state index in [1.165, 1.54) is 6.92 Å². The average molecular weight is 418 g/mol. The first-order chi connectivity index (χ1) is 14.8.